The van der Waals surface area contributed by atoms with Gasteiger partial charge in [-0.05, 0) is 24.3 Å². The minimum atomic E-state index is -4.33. The summed E-state index contributed by atoms with van der Waals surface area (Å²) in [5.41, 5.74) is 0.702. The van der Waals surface area contributed by atoms with E-state index in [1.165, 1.54) is 31.3 Å². The van der Waals surface area contributed by atoms with Gasteiger partial charge in [-0.3, -0.25) is 14.3 Å². The summed E-state index contributed by atoms with van der Waals surface area (Å²) < 4.78 is 31.6. The third kappa shape index (κ3) is 2.31. The van der Waals surface area contributed by atoms with Crippen LogP contribution in [0.25, 0.3) is 10.9 Å². The molecule has 0 bridgehead atoms. The molecule has 0 saturated carbocycles. The Labute approximate surface area is 103 Å². The smallest absolute Gasteiger partial charge is 0.295 e. The number of aromatic nitrogens is 1. The molecule has 0 unspecified atom stereocenters. The second-order valence-corrected chi connectivity index (χ2v) is 5.06. The maximum Gasteiger partial charge on any atom is 0.295 e. The molecule has 2 N–H and O–H groups in total. The van der Waals surface area contributed by atoms with Crippen LogP contribution >= 0.6 is 0 Å². The van der Waals surface area contributed by atoms with Crippen LogP contribution in [0.15, 0.2) is 35.4 Å². The summed E-state index contributed by atoms with van der Waals surface area (Å²) in [5.74, 6) is -0.290. The van der Waals surface area contributed by atoms with Gasteiger partial charge >= 0.3 is 0 Å². The number of rotatable bonds is 2. The molecule has 2 aromatic rings. The van der Waals surface area contributed by atoms with Crippen molar-refractivity contribution in [3.8, 4) is 0 Å². The first-order valence-electron chi connectivity index (χ1n) is 5.02. The minimum Gasteiger partial charge on any atom is -0.324 e. The molecule has 0 spiro atoms. The van der Waals surface area contributed by atoms with Crippen LogP contribution in [0.5, 0.6) is 0 Å². The number of anilines is 1. The Morgan fingerprint density at radius 3 is 2.67 bits per heavy atom. The summed E-state index contributed by atoms with van der Waals surface area (Å²) in [6, 6.07) is 5.68. The zero-order chi connectivity index (χ0) is 13.3. The van der Waals surface area contributed by atoms with Crippen molar-refractivity contribution < 1.29 is 17.8 Å². The predicted octanol–water partition coefficient (Wildman–Crippen LogP) is 1.44. The van der Waals surface area contributed by atoms with Crippen molar-refractivity contribution >= 4 is 32.6 Å². The van der Waals surface area contributed by atoms with Gasteiger partial charge in [0, 0.05) is 18.5 Å². The first-order valence-corrected chi connectivity index (χ1v) is 6.46. The number of carbonyl (C=O) groups excluding carboxylic acids is 1. The molecule has 0 aliphatic carbocycles. The maximum atomic E-state index is 11.2. The number of benzene rings is 1. The lowest BCUT2D eigenvalue weighted by Crippen LogP contribution is -2.08. The molecule has 0 aliphatic rings. The lowest BCUT2D eigenvalue weighted by Gasteiger charge is -2.08. The minimum absolute atomic E-state index is 0.236. The van der Waals surface area contributed by atoms with Crippen LogP contribution in [0.1, 0.15) is 6.92 Å². The molecule has 2 rings (SSSR count). The Morgan fingerprint density at radius 1 is 1.33 bits per heavy atom. The lowest BCUT2D eigenvalue weighted by atomic mass is 10.2. The van der Waals surface area contributed by atoms with E-state index in [0.717, 1.165) is 0 Å². The molecular formula is C11H10N2O4S. The summed E-state index contributed by atoms with van der Waals surface area (Å²) >= 11 is 0. The van der Waals surface area contributed by atoms with Gasteiger partial charge < -0.3 is 5.32 Å². The van der Waals surface area contributed by atoms with Gasteiger partial charge in [0.05, 0.1) is 11.2 Å². The normalized spacial score (nSPS) is 11.4. The number of nitrogens with one attached hydrogen (secondary N) is 1. The third-order valence-corrected chi connectivity index (χ3v) is 3.23. The van der Waals surface area contributed by atoms with Crippen molar-refractivity contribution in [1.29, 1.82) is 0 Å². The second-order valence-electron chi connectivity index (χ2n) is 3.67. The molecule has 0 atom stereocenters. The first-order chi connectivity index (χ1) is 8.39. The average Bonchev–Trinajstić information content (AvgIpc) is 2.27. The summed E-state index contributed by atoms with van der Waals surface area (Å²) in [6.07, 6.45) is 1.47. The number of hydrogen-bond acceptors (Lipinski definition) is 4. The van der Waals surface area contributed by atoms with Gasteiger partial charge in [-0.15, -0.1) is 0 Å². The van der Waals surface area contributed by atoms with Gasteiger partial charge in [-0.1, -0.05) is 0 Å². The van der Waals surface area contributed by atoms with Gasteiger partial charge in [-0.2, -0.15) is 8.42 Å². The van der Waals surface area contributed by atoms with Crippen molar-refractivity contribution in [2.75, 3.05) is 5.32 Å². The Morgan fingerprint density at radius 2 is 2.06 bits per heavy atom. The number of pyridine rings is 1. The highest BCUT2D eigenvalue weighted by Gasteiger charge is 2.16. The second kappa shape index (κ2) is 4.35. The number of amides is 1. The summed E-state index contributed by atoms with van der Waals surface area (Å²) in [6.45, 7) is 1.34. The van der Waals surface area contributed by atoms with Crippen LogP contribution in [0, 0.1) is 0 Å². The fraction of sp³-hybridized carbons (Fsp3) is 0.0909. The zero-order valence-electron chi connectivity index (χ0n) is 9.41. The topological polar surface area (TPSA) is 96.4 Å². The Balaban J connectivity index is 2.78. The Kier molecular flexibility index (Phi) is 3.02. The first kappa shape index (κ1) is 12.5. The largest absolute Gasteiger partial charge is 0.324 e. The number of hydrogen-bond donors (Lipinski definition) is 2. The highest BCUT2D eigenvalue weighted by atomic mass is 32.2. The highest BCUT2D eigenvalue weighted by Crippen LogP contribution is 2.27. The Hall–Kier alpha value is -1.99. The summed E-state index contributed by atoms with van der Waals surface area (Å²) in [4.78, 5) is 14.8. The van der Waals surface area contributed by atoms with E-state index in [0.29, 0.717) is 11.2 Å². The molecule has 6 nitrogen and oxygen atoms in total. The van der Waals surface area contributed by atoms with Gasteiger partial charge in [0.15, 0.2) is 0 Å². The van der Waals surface area contributed by atoms with Gasteiger partial charge in [0.2, 0.25) is 5.91 Å². The lowest BCUT2D eigenvalue weighted by molar-refractivity contribution is -0.114. The summed E-state index contributed by atoms with van der Waals surface area (Å²) in [7, 11) is -4.33. The monoisotopic (exact) mass is 266 g/mol. The van der Waals surface area contributed by atoms with Crippen LogP contribution in [0.2, 0.25) is 0 Å². The molecule has 1 aromatic carbocycles. The highest BCUT2D eigenvalue weighted by molar-refractivity contribution is 7.86. The standard InChI is InChI=1S/C11H10N2O4S/c1-7(14)13-9-4-5-10(18(15,16)17)8-3-2-6-12-11(8)9/h2-6H,1H3,(H,13,14)(H,15,16,17). The predicted molar refractivity (Wildman–Crippen MR) is 65.9 cm³/mol. The average molecular weight is 266 g/mol. The van der Waals surface area contributed by atoms with Crippen LogP contribution in [0.3, 0.4) is 0 Å². The molecule has 18 heavy (non-hydrogen) atoms. The van der Waals surface area contributed by atoms with Gasteiger partial charge in [0.25, 0.3) is 10.1 Å². The van der Waals surface area contributed by atoms with E-state index >= 15 is 0 Å². The molecule has 7 heteroatoms. The van der Waals surface area contributed by atoms with Crippen molar-refractivity contribution in [2.45, 2.75) is 11.8 Å². The molecular weight excluding hydrogens is 256 g/mol. The number of nitrogens with zero attached hydrogens (tertiary/aromatic N) is 1. The fourth-order valence-corrected chi connectivity index (χ4v) is 2.34. The molecule has 1 heterocycles. The van der Waals surface area contributed by atoms with Crippen molar-refractivity contribution in [3.05, 3.63) is 30.5 Å². The van der Waals surface area contributed by atoms with E-state index in [9.17, 15) is 13.2 Å². The van der Waals surface area contributed by atoms with Gasteiger partial charge in [0.1, 0.15) is 4.90 Å². The third-order valence-electron chi connectivity index (χ3n) is 2.32. The molecule has 0 aliphatic heterocycles. The maximum absolute atomic E-state index is 11.2. The van der Waals surface area contributed by atoms with Crippen molar-refractivity contribution in [2.24, 2.45) is 0 Å². The van der Waals surface area contributed by atoms with E-state index in [1.807, 2.05) is 0 Å². The Bertz CT molecular complexity index is 725. The fourth-order valence-electron chi connectivity index (χ4n) is 1.66. The van der Waals surface area contributed by atoms with Crippen LogP contribution < -0.4 is 5.32 Å². The van der Waals surface area contributed by atoms with E-state index in [2.05, 4.69) is 10.3 Å². The molecule has 0 fully saturated rings. The van der Waals surface area contributed by atoms with Crippen LogP contribution in [-0.4, -0.2) is 23.9 Å². The number of carbonyl (C=O) groups is 1. The SMILES string of the molecule is CC(=O)Nc1ccc(S(=O)(=O)O)c2cccnc12. The quantitative estimate of drug-likeness (QED) is 0.802. The molecule has 94 valence electrons. The molecule has 1 amide bonds. The van der Waals surface area contributed by atoms with Crippen LogP contribution in [0.4, 0.5) is 5.69 Å². The molecule has 0 radical (unpaired) electrons. The summed E-state index contributed by atoms with van der Waals surface area (Å²) in [5, 5.41) is 2.80. The van der Waals surface area contributed by atoms with E-state index < -0.39 is 10.1 Å². The van der Waals surface area contributed by atoms with E-state index in [4.69, 9.17) is 4.55 Å². The van der Waals surface area contributed by atoms with E-state index in [-0.39, 0.29) is 16.2 Å². The van der Waals surface area contributed by atoms with Crippen LogP contribution in [-0.2, 0) is 14.9 Å². The van der Waals surface area contributed by atoms with E-state index in [1.54, 1.807) is 6.07 Å². The molecule has 0 saturated heterocycles. The molecule has 1 aromatic heterocycles. The van der Waals surface area contributed by atoms with Crippen molar-refractivity contribution in [1.82, 2.24) is 4.98 Å². The zero-order valence-corrected chi connectivity index (χ0v) is 10.2. The van der Waals surface area contributed by atoms with Crippen molar-refractivity contribution in [3.63, 3.8) is 0 Å². The number of fused-ring (bicyclic) bond motifs is 1. The van der Waals surface area contributed by atoms with Gasteiger partial charge in [-0.25, -0.2) is 0 Å².